The van der Waals surface area contributed by atoms with E-state index in [4.69, 9.17) is 4.42 Å². The van der Waals surface area contributed by atoms with Crippen molar-refractivity contribution < 1.29 is 4.42 Å². The van der Waals surface area contributed by atoms with Crippen molar-refractivity contribution in [3.05, 3.63) is 36.0 Å². The van der Waals surface area contributed by atoms with E-state index < -0.39 is 0 Å². The van der Waals surface area contributed by atoms with Gasteiger partial charge in [0.15, 0.2) is 0 Å². The van der Waals surface area contributed by atoms with E-state index in [2.05, 4.69) is 39.7 Å². The number of hydrogen-bond acceptors (Lipinski definition) is 6. The first-order valence-electron chi connectivity index (χ1n) is 6.84. The summed E-state index contributed by atoms with van der Waals surface area (Å²) in [6.45, 7) is 7.87. The first-order valence-corrected chi connectivity index (χ1v) is 6.84. The van der Waals surface area contributed by atoms with E-state index in [1.54, 1.807) is 12.4 Å². The summed E-state index contributed by atoms with van der Waals surface area (Å²) in [4.78, 5) is 4.00. The molecule has 0 spiro atoms. The lowest BCUT2D eigenvalue weighted by Gasteiger charge is -2.11. The highest BCUT2D eigenvalue weighted by atomic mass is 16.4. The van der Waals surface area contributed by atoms with E-state index in [1.807, 2.05) is 19.1 Å². The van der Waals surface area contributed by atoms with Crippen LogP contribution in [0.4, 0.5) is 6.01 Å². The molecule has 0 fully saturated rings. The Hall–Kier alpha value is -1.95. The number of anilines is 1. The third kappa shape index (κ3) is 4.31. The Balaban J connectivity index is 1.86. The van der Waals surface area contributed by atoms with Gasteiger partial charge in [0, 0.05) is 12.4 Å². The zero-order valence-corrected chi connectivity index (χ0v) is 12.1. The van der Waals surface area contributed by atoms with E-state index in [-0.39, 0.29) is 6.04 Å². The quantitative estimate of drug-likeness (QED) is 0.808. The highest BCUT2D eigenvalue weighted by Gasteiger charge is 2.10. The zero-order valence-electron chi connectivity index (χ0n) is 12.1. The molecule has 0 saturated carbocycles. The Labute approximate surface area is 119 Å². The lowest BCUT2D eigenvalue weighted by molar-refractivity contribution is 0.456. The van der Waals surface area contributed by atoms with Gasteiger partial charge in [-0.25, -0.2) is 0 Å². The fourth-order valence-corrected chi connectivity index (χ4v) is 1.77. The summed E-state index contributed by atoms with van der Waals surface area (Å²) in [7, 11) is 0. The minimum Gasteiger partial charge on any atom is -0.407 e. The topological polar surface area (TPSA) is 75.9 Å². The van der Waals surface area contributed by atoms with Crippen LogP contribution in [0.5, 0.6) is 0 Å². The third-order valence-corrected chi connectivity index (χ3v) is 2.84. The van der Waals surface area contributed by atoms with E-state index in [0.29, 0.717) is 24.4 Å². The molecule has 6 nitrogen and oxygen atoms in total. The second-order valence-electron chi connectivity index (χ2n) is 5.17. The summed E-state index contributed by atoms with van der Waals surface area (Å²) >= 11 is 0. The molecule has 0 aliphatic heterocycles. The molecule has 0 radical (unpaired) electrons. The Morgan fingerprint density at radius 2 is 1.90 bits per heavy atom. The van der Waals surface area contributed by atoms with E-state index in [0.717, 1.165) is 12.1 Å². The van der Waals surface area contributed by atoms with Crippen molar-refractivity contribution in [2.75, 3.05) is 11.9 Å². The molecule has 20 heavy (non-hydrogen) atoms. The number of nitrogens with one attached hydrogen (secondary N) is 2. The molecular formula is C14H21N5O. The summed E-state index contributed by atoms with van der Waals surface area (Å²) in [5.74, 6) is 1.19. The SMILES string of the molecule is CC(C)CNCc1nnc(NC(C)c2ccncc2)o1. The fraction of sp³-hybridized carbons (Fsp3) is 0.500. The molecule has 6 heteroatoms. The molecule has 0 amide bonds. The predicted molar refractivity (Wildman–Crippen MR) is 77.1 cm³/mol. The average molecular weight is 275 g/mol. The Bertz CT molecular complexity index is 511. The van der Waals surface area contributed by atoms with E-state index in [9.17, 15) is 0 Å². The normalized spacial score (nSPS) is 12.6. The first kappa shape index (κ1) is 14.5. The molecule has 0 bridgehead atoms. The van der Waals surface area contributed by atoms with Crippen LogP contribution in [0.2, 0.25) is 0 Å². The summed E-state index contributed by atoms with van der Waals surface area (Å²) < 4.78 is 5.55. The number of pyridine rings is 1. The second-order valence-corrected chi connectivity index (χ2v) is 5.17. The monoisotopic (exact) mass is 275 g/mol. The van der Waals surface area contributed by atoms with Gasteiger partial charge in [0.05, 0.1) is 12.6 Å². The highest BCUT2D eigenvalue weighted by molar-refractivity contribution is 5.26. The molecule has 1 atom stereocenters. The van der Waals surface area contributed by atoms with Crippen LogP contribution in [0.15, 0.2) is 28.9 Å². The van der Waals surface area contributed by atoms with E-state index in [1.165, 1.54) is 0 Å². The van der Waals surface area contributed by atoms with Crippen LogP contribution in [-0.4, -0.2) is 21.7 Å². The summed E-state index contributed by atoms with van der Waals surface area (Å²) in [5, 5.41) is 14.5. The molecule has 2 rings (SSSR count). The number of nitrogens with zero attached hydrogens (tertiary/aromatic N) is 3. The maximum absolute atomic E-state index is 5.55. The molecular weight excluding hydrogens is 254 g/mol. The molecule has 1 unspecified atom stereocenters. The zero-order chi connectivity index (χ0) is 14.4. The minimum atomic E-state index is 0.0925. The molecule has 0 aliphatic carbocycles. The lowest BCUT2D eigenvalue weighted by Crippen LogP contribution is -2.19. The Kier molecular flexibility index (Phi) is 5.06. The van der Waals surface area contributed by atoms with Crippen molar-refractivity contribution >= 4 is 6.01 Å². The van der Waals surface area contributed by atoms with Gasteiger partial charge in [0.1, 0.15) is 0 Å². The van der Waals surface area contributed by atoms with Gasteiger partial charge >= 0.3 is 6.01 Å². The van der Waals surface area contributed by atoms with Crippen molar-refractivity contribution in [1.82, 2.24) is 20.5 Å². The van der Waals surface area contributed by atoms with Crippen LogP contribution < -0.4 is 10.6 Å². The third-order valence-electron chi connectivity index (χ3n) is 2.84. The number of hydrogen-bond donors (Lipinski definition) is 2. The van der Waals surface area contributed by atoms with Gasteiger partial charge in [-0.3, -0.25) is 4.98 Å². The summed E-state index contributed by atoms with van der Waals surface area (Å²) in [6.07, 6.45) is 3.53. The van der Waals surface area contributed by atoms with Crippen LogP contribution in [0, 0.1) is 5.92 Å². The Morgan fingerprint density at radius 1 is 1.15 bits per heavy atom. The first-order chi connectivity index (χ1) is 9.65. The van der Waals surface area contributed by atoms with Crippen LogP contribution in [0.25, 0.3) is 0 Å². The van der Waals surface area contributed by atoms with Crippen LogP contribution in [-0.2, 0) is 6.54 Å². The molecule has 2 heterocycles. The molecule has 0 aliphatic rings. The van der Waals surface area contributed by atoms with Gasteiger partial charge < -0.3 is 15.1 Å². The number of aromatic nitrogens is 3. The van der Waals surface area contributed by atoms with Crippen molar-refractivity contribution in [2.24, 2.45) is 5.92 Å². The molecule has 0 aromatic carbocycles. The average Bonchev–Trinajstić information content (AvgIpc) is 2.87. The van der Waals surface area contributed by atoms with Crippen molar-refractivity contribution in [3.63, 3.8) is 0 Å². The smallest absolute Gasteiger partial charge is 0.315 e. The molecule has 108 valence electrons. The predicted octanol–water partition coefficient (Wildman–Crippen LogP) is 2.38. The highest BCUT2D eigenvalue weighted by Crippen LogP contribution is 2.17. The van der Waals surface area contributed by atoms with Gasteiger partial charge in [-0.2, -0.15) is 0 Å². The van der Waals surface area contributed by atoms with Crippen molar-refractivity contribution in [2.45, 2.75) is 33.4 Å². The molecule has 2 aromatic rings. The number of rotatable bonds is 7. The van der Waals surface area contributed by atoms with Gasteiger partial charge in [0.2, 0.25) is 5.89 Å². The van der Waals surface area contributed by atoms with Crippen LogP contribution >= 0.6 is 0 Å². The maximum atomic E-state index is 5.55. The van der Waals surface area contributed by atoms with Crippen molar-refractivity contribution in [1.29, 1.82) is 0 Å². The Morgan fingerprint density at radius 3 is 2.60 bits per heavy atom. The van der Waals surface area contributed by atoms with Gasteiger partial charge in [0.25, 0.3) is 0 Å². The fourth-order valence-electron chi connectivity index (χ4n) is 1.77. The molecule has 2 aromatic heterocycles. The molecule has 0 saturated heterocycles. The summed E-state index contributed by atoms with van der Waals surface area (Å²) in [5.41, 5.74) is 1.12. The molecule has 2 N–H and O–H groups in total. The van der Waals surface area contributed by atoms with Crippen LogP contribution in [0.1, 0.15) is 38.3 Å². The van der Waals surface area contributed by atoms with Crippen molar-refractivity contribution in [3.8, 4) is 0 Å². The second kappa shape index (κ2) is 7.00. The summed E-state index contributed by atoms with van der Waals surface area (Å²) in [6, 6.07) is 4.45. The van der Waals surface area contributed by atoms with Crippen LogP contribution in [0.3, 0.4) is 0 Å². The maximum Gasteiger partial charge on any atom is 0.315 e. The van der Waals surface area contributed by atoms with Gasteiger partial charge in [-0.05, 0) is 37.1 Å². The van der Waals surface area contributed by atoms with E-state index >= 15 is 0 Å². The van der Waals surface area contributed by atoms with Gasteiger partial charge in [-0.15, -0.1) is 5.10 Å². The largest absolute Gasteiger partial charge is 0.407 e. The van der Waals surface area contributed by atoms with Gasteiger partial charge in [-0.1, -0.05) is 18.9 Å². The minimum absolute atomic E-state index is 0.0925. The standard InChI is InChI=1S/C14H21N5O/c1-10(2)8-16-9-13-18-19-14(20-13)17-11(3)12-4-6-15-7-5-12/h4-7,10-11,16H,8-9H2,1-3H3,(H,17,19). The lowest BCUT2D eigenvalue weighted by atomic mass is 10.1.